The Kier molecular flexibility index (Phi) is 2.61. The van der Waals surface area contributed by atoms with E-state index in [9.17, 15) is 4.79 Å². The number of benzene rings is 1. The van der Waals surface area contributed by atoms with Gasteiger partial charge in [0.25, 0.3) is 0 Å². The summed E-state index contributed by atoms with van der Waals surface area (Å²) in [4.78, 5) is 11.2. The number of carbonyl (C=O) groups is 1. The van der Waals surface area contributed by atoms with Crippen LogP contribution in [0.4, 0.5) is 0 Å². The Hall–Kier alpha value is -1.15. The van der Waals surface area contributed by atoms with Crippen molar-refractivity contribution in [3.05, 3.63) is 35.4 Å². The van der Waals surface area contributed by atoms with Crippen LogP contribution in [0.2, 0.25) is 0 Å². The molecule has 0 N–H and O–H groups in total. The van der Waals surface area contributed by atoms with Gasteiger partial charge in [-0.05, 0) is 19.4 Å². The Morgan fingerprint density at radius 3 is 2.33 bits per heavy atom. The van der Waals surface area contributed by atoms with E-state index in [4.69, 9.17) is 4.74 Å². The lowest BCUT2D eigenvalue weighted by atomic mass is 9.75. The maximum absolute atomic E-state index is 11.2. The van der Waals surface area contributed by atoms with Crippen molar-refractivity contribution in [1.29, 1.82) is 0 Å². The van der Waals surface area contributed by atoms with Crippen LogP contribution in [0.5, 0.6) is 0 Å². The summed E-state index contributed by atoms with van der Waals surface area (Å²) < 4.78 is 5.27. The number of carbonyl (C=O) groups excluding carboxylic acids is 1. The summed E-state index contributed by atoms with van der Waals surface area (Å²) in [6, 6.07) is 8.41. The standard InChI is InChI=1S/C13H16O2/c1-10-3-5-12(6-4-10)13(7-11(2)14)8-15-9-13/h3-6H,7-9H2,1-2H3. The Balaban J connectivity index is 2.26. The summed E-state index contributed by atoms with van der Waals surface area (Å²) in [6.45, 7) is 5.07. The van der Waals surface area contributed by atoms with Gasteiger partial charge in [-0.25, -0.2) is 0 Å². The van der Waals surface area contributed by atoms with Gasteiger partial charge in [0, 0.05) is 11.8 Å². The van der Waals surface area contributed by atoms with Gasteiger partial charge < -0.3 is 4.74 Å². The first kappa shape index (κ1) is 10.4. The molecule has 0 aromatic heterocycles. The first-order valence-electron chi connectivity index (χ1n) is 5.27. The van der Waals surface area contributed by atoms with Gasteiger partial charge >= 0.3 is 0 Å². The van der Waals surface area contributed by atoms with Crippen molar-refractivity contribution in [2.75, 3.05) is 13.2 Å². The molecule has 0 spiro atoms. The number of hydrogen-bond acceptors (Lipinski definition) is 2. The van der Waals surface area contributed by atoms with Crippen molar-refractivity contribution in [2.24, 2.45) is 0 Å². The average Bonchev–Trinajstić information content (AvgIpc) is 2.13. The zero-order valence-corrected chi connectivity index (χ0v) is 9.25. The molecule has 2 heteroatoms. The van der Waals surface area contributed by atoms with E-state index in [1.807, 2.05) is 0 Å². The number of ketones is 1. The van der Waals surface area contributed by atoms with Gasteiger partial charge in [-0.2, -0.15) is 0 Å². The van der Waals surface area contributed by atoms with Gasteiger partial charge in [0.15, 0.2) is 0 Å². The van der Waals surface area contributed by atoms with Crippen LogP contribution in [0.1, 0.15) is 24.5 Å². The molecule has 80 valence electrons. The topological polar surface area (TPSA) is 26.3 Å². The average molecular weight is 204 g/mol. The zero-order chi connectivity index (χ0) is 10.9. The number of hydrogen-bond donors (Lipinski definition) is 0. The third-order valence-electron chi connectivity index (χ3n) is 3.01. The lowest BCUT2D eigenvalue weighted by Gasteiger charge is -2.41. The highest BCUT2D eigenvalue weighted by atomic mass is 16.5. The molecular weight excluding hydrogens is 188 g/mol. The van der Waals surface area contributed by atoms with Gasteiger partial charge in [0.05, 0.1) is 13.2 Å². The third-order valence-corrected chi connectivity index (χ3v) is 3.01. The van der Waals surface area contributed by atoms with Crippen LogP contribution in [0.3, 0.4) is 0 Å². The van der Waals surface area contributed by atoms with Crippen molar-refractivity contribution in [3.63, 3.8) is 0 Å². The van der Waals surface area contributed by atoms with Crippen LogP contribution in [-0.4, -0.2) is 19.0 Å². The molecule has 1 aliphatic heterocycles. The fourth-order valence-electron chi connectivity index (χ4n) is 2.10. The van der Waals surface area contributed by atoms with Crippen LogP contribution in [0.25, 0.3) is 0 Å². The molecule has 0 bridgehead atoms. The number of aryl methyl sites for hydroxylation is 1. The minimum absolute atomic E-state index is 0.0421. The molecule has 2 nitrogen and oxygen atoms in total. The van der Waals surface area contributed by atoms with Crippen molar-refractivity contribution < 1.29 is 9.53 Å². The molecule has 0 atom stereocenters. The third kappa shape index (κ3) is 1.95. The zero-order valence-electron chi connectivity index (χ0n) is 9.25. The summed E-state index contributed by atoms with van der Waals surface area (Å²) in [6.07, 6.45) is 0.593. The van der Waals surface area contributed by atoms with Crippen molar-refractivity contribution in [2.45, 2.75) is 25.7 Å². The van der Waals surface area contributed by atoms with Crippen LogP contribution in [-0.2, 0) is 14.9 Å². The van der Waals surface area contributed by atoms with Gasteiger partial charge in [-0.1, -0.05) is 29.8 Å². The first-order valence-corrected chi connectivity index (χ1v) is 5.27. The molecule has 1 aliphatic rings. The lowest BCUT2D eigenvalue weighted by molar-refractivity contribution is -0.125. The summed E-state index contributed by atoms with van der Waals surface area (Å²) in [5.41, 5.74) is 2.44. The monoisotopic (exact) mass is 204 g/mol. The molecule has 0 amide bonds. The Morgan fingerprint density at radius 2 is 1.93 bits per heavy atom. The fourth-order valence-corrected chi connectivity index (χ4v) is 2.10. The van der Waals surface area contributed by atoms with Gasteiger partial charge in [-0.15, -0.1) is 0 Å². The molecule has 1 fully saturated rings. The second-order valence-corrected chi connectivity index (χ2v) is 4.52. The highest BCUT2D eigenvalue weighted by Gasteiger charge is 2.41. The molecule has 0 aliphatic carbocycles. The summed E-state index contributed by atoms with van der Waals surface area (Å²) >= 11 is 0. The minimum atomic E-state index is -0.0421. The van der Waals surface area contributed by atoms with E-state index in [1.165, 1.54) is 11.1 Å². The van der Waals surface area contributed by atoms with Crippen LogP contribution < -0.4 is 0 Å². The van der Waals surface area contributed by atoms with E-state index in [1.54, 1.807) is 6.92 Å². The van der Waals surface area contributed by atoms with E-state index < -0.39 is 0 Å². The van der Waals surface area contributed by atoms with Gasteiger partial charge in [0.2, 0.25) is 0 Å². The fraction of sp³-hybridized carbons (Fsp3) is 0.462. The second kappa shape index (κ2) is 3.78. The highest BCUT2D eigenvalue weighted by molar-refractivity contribution is 5.77. The summed E-state index contributed by atoms with van der Waals surface area (Å²) in [5.74, 6) is 0.235. The highest BCUT2D eigenvalue weighted by Crippen LogP contribution is 2.35. The van der Waals surface area contributed by atoms with Crippen molar-refractivity contribution >= 4 is 5.78 Å². The van der Waals surface area contributed by atoms with Crippen molar-refractivity contribution in [3.8, 4) is 0 Å². The molecule has 0 saturated carbocycles. The maximum atomic E-state index is 11.2. The summed E-state index contributed by atoms with van der Waals surface area (Å²) in [7, 11) is 0. The van der Waals surface area contributed by atoms with Crippen LogP contribution >= 0.6 is 0 Å². The molecule has 1 aromatic carbocycles. The van der Waals surface area contributed by atoms with E-state index in [-0.39, 0.29) is 11.2 Å². The predicted molar refractivity (Wildman–Crippen MR) is 59.0 cm³/mol. The first-order chi connectivity index (χ1) is 7.12. The van der Waals surface area contributed by atoms with E-state index >= 15 is 0 Å². The molecule has 1 heterocycles. The van der Waals surface area contributed by atoms with E-state index in [2.05, 4.69) is 31.2 Å². The molecule has 1 aromatic rings. The maximum Gasteiger partial charge on any atom is 0.130 e. The lowest BCUT2D eigenvalue weighted by Crippen LogP contribution is -2.47. The Labute approximate surface area is 90.3 Å². The van der Waals surface area contributed by atoms with Gasteiger partial charge in [-0.3, -0.25) is 4.79 Å². The van der Waals surface area contributed by atoms with Crippen molar-refractivity contribution in [1.82, 2.24) is 0 Å². The van der Waals surface area contributed by atoms with Crippen LogP contribution in [0.15, 0.2) is 24.3 Å². The van der Waals surface area contributed by atoms with E-state index in [0.717, 1.165) is 0 Å². The summed E-state index contributed by atoms with van der Waals surface area (Å²) in [5, 5.41) is 0. The second-order valence-electron chi connectivity index (χ2n) is 4.52. The van der Waals surface area contributed by atoms with Gasteiger partial charge in [0.1, 0.15) is 5.78 Å². The number of rotatable bonds is 3. The molecule has 15 heavy (non-hydrogen) atoms. The largest absolute Gasteiger partial charge is 0.379 e. The molecule has 1 saturated heterocycles. The Bertz CT molecular complexity index is 361. The smallest absolute Gasteiger partial charge is 0.130 e. The normalized spacial score (nSPS) is 18.3. The molecular formula is C13H16O2. The molecule has 0 radical (unpaired) electrons. The van der Waals surface area contributed by atoms with Crippen LogP contribution in [0, 0.1) is 6.92 Å². The Morgan fingerprint density at radius 1 is 1.33 bits per heavy atom. The predicted octanol–water partition coefficient (Wildman–Crippen LogP) is 2.24. The molecule has 2 rings (SSSR count). The number of ether oxygens (including phenoxy) is 1. The SMILES string of the molecule is CC(=O)CC1(c2ccc(C)cc2)COC1. The quantitative estimate of drug-likeness (QED) is 0.754. The number of Topliss-reactive ketones (excluding diaryl/α,β-unsaturated/α-hetero) is 1. The van der Waals surface area contributed by atoms with E-state index in [0.29, 0.717) is 19.6 Å². The minimum Gasteiger partial charge on any atom is -0.379 e. The molecule has 0 unspecified atom stereocenters.